The van der Waals surface area contributed by atoms with Crippen LogP contribution in [0.15, 0.2) is 176 Å². The standard InChI is InChI=1S/C54H40/c1-54(2)49-27-15-14-26-46(49)53-41-21-9-8-20-38(41)48(33-50(53)54)52-44-24-12-10-22-42(44)51(43-23-11-13-25-45(43)52)35-29-31-40-37-19-7-6-18-36(37)39(47(40)32-35)30-28-34-16-4-3-5-17-34/h3-27,29,31-33,39H,28,30H2,1-2H3. The molecule has 0 heteroatoms. The summed E-state index contributed by atoms with van der Waals surface area (Å²) >= 11 is 0. The van der Waals surface area contributed by atoms with Crippen LogP contribution in [0, 0.1) is 0 Å². The van der Waals surface area contributed by atoms with Crippen molar-refractivity contribution in [3.8, 4) is 44.5 Å². The van der Waals surface area contributed by atoms with Crippen LogP contribution in [0.3, 0.4) is 0 Å². The highest BCUT2D eigenvalue weighted by Gasteiger charge is 2.37. The second-order valence-electron chi connectivity index (χ2n) is 15.9. The summed E-state index contributed by atoms with van der Waals surface area (Å²) in [5, 5.41) is 7.84. The normalized spacial score (nSPS) is 15.0. The predicted molar refractivity (Wildman–Crippen MR) is 229 cm³/mol. The van der Waals surface area contributed by atoms with Gasteiger partial charge in [-0.2, -0.15) is 0 Å². The van der Waals surface area contributed by atoms with Gasteiger partial charge in [-0.15, -0.1) is 0 Å². The Labute approximate surface area is 317 Å². The average Bonchev–Trinajstić information content (AvgIpc) is 3.66. The molecule has 0 bridgehead atoms. The monoisotopic (exact) mass is 688 g/mol. The zero-order chi connectivity index (χ0) is 36.0. The van der Waals surface area contributed by atoms with E-state index in [1.807, 2.05) is 0 Å². The molecule has 0 aliphatic heterocycles. The van der Waals surface area contributed by atoms with Gasteiger partial charge in [0.1, 0.15) is 0 Å². The van der Waals surface area contributed by atoms with Crippen LogP contribution in [0.25, 0.3) is 76.8 Å². The van der Waals surface area contributed by atoms with Crippen LogP contribution in [0.5, 0.6) is 0 Å². The van der Waals surface area contributed by atoms with Gasteiger partial charge in [0, 0.05) is 11.3 Å². The minimum Gasteiger partial charge on any atom is -0.0622 e. The Kier molecular flexibility index (Phi) is 6.89. The zero-order valence-corrected chi connectivity index (χ0v) is 30.7. The smallest absolute Gasteiger partial charge is 0.0159 e. The molecule has 2 aliphatic rings. The Balaban J connectivity index is 1.15. The van der Waals surface area contributed by atoms with Crippen molar-refractivity contribution < 1.29 is 0 Å². The van der Waals surface area contributed by atoms with E-state index in [1.165, 1.54) is 105 Å². The molecule has 256 valence electrons. The third-order valence-corrected chi connectivity index (χ3v) is 12.7. The lowest BCUT2D eigenvalue weighted by molar-refractivity contribution is 0.661. The third-order valence-electron chi connectivity index (χ3n) is 12.7. The lowest BCUT2D eigenvalue weighted by Gasteiger charge is -2.24. The van der Waals surface area contributed by atoms with Crippen molar-refractivity contribution in [2.24, 2.45) is 0 Å². The fraction of sp³-hybridized carbons (Fsp3) is 0.111. The Hall–Kier alpha value is -6.24. The molecule has 2 aliphatic carbocycles. The highest BCUT2D eigenvalue weighted by molar-refractivity contribution is 6.24. The molecular formula is C54H40. The van der Waals surface area contributed by atoms with Gasteiger partial charge in [0.25, 0.3) is 0 Å². The topological polar surface area (TPSA) is 0 Å². The molecule has 0 N–H and O–H groups in total. The molecule has 0 heterocycles. The maximum Gasteiger partial charge on any atom is 0.0159 e. The molecule has 11 rings (SSSR count). The van der Waals surface area contributed by atoms with Gasteiger partial charge in [-0.25, -0.2) is 0 Å². The first-order valence-electron chi connectivity index (χ1n) is 19.5. The van der Waals surface area contributed by atoms with E-state index < -0.39 is 0 Å². The molecule has 0 saturated heterocycles. The molecule has 0 fully saturated rings. The van der Waals surface area contributed by atoms with Gasteiger partial charge in [0.15, 0.2) is 0 Å². The molecule has 9 aromatic rings. The van der Waals surface area contributed by atoms with E-state index in [9.17, 15) is 0 Å². The molecule has 0 nitrogen and oxygen atoms in total. The highest BCUT2D eigenvalue weighted by Crippen LogP contribution is 2.55. The zero-order valence-electron chi connectivity index (χ0n) is 30.7. The molecule has 9 aromatic carbocycles. The SMILES string of the molecule is CC1(C)c2ccccc2-c2c1cc(-c1c3ccccc3c(-c3ccc4c(c3)C(CCc3ccccc3)c3ccccc3-4)c3ccccc13)c1ccccc21. The molecule has 0 spiro atoms. The summed E-state index contributed by atoms with van der Waals surface area (Å²) in [6.45, 7) is 4.80. The third kappa shape index (κ3) is 4.50. The minimum atomic E-state index is -0.102. The molecule has 54 heavy (non-hydrogen) atoms. The Morgan fingerprint density at radius 3 is 1.63 bits per heavy atom. The van der Waals surface area contributed by atoms with Gasteiger partial charge in [0.2, 0.25) is 0 Å². The summed E-state index contributed by atoms with van der Waals surface area (Å²) in [6, 6.07) is 66.3. The number of aryl methyl sites for hydroxylation is 1. The van der Waals surface area contributed by atoms with Crippen molar-refractivity contribution in [1.29, 1.82) is 0 Å². The Morgan fingerprint density at radius 1 is 0.389 bits per heavy atom. The summed E-state index contributed by atoms with van der Waals surface area (Å²) in [7, 11) is 0. The van der Waals surface area contributed by atoms with Crippen molar-refractivity contribution in [1.82, 2.24) is 0 Å². The van der Waals surface area contributed by atoms with Crippen LogP contribution in [-0.2, 0) is 11.8 Å². The van der Waals surface area contributed by atoms with E-state index in [0.717, 1.165) is 12.8 Å². The fourth-order valence-corrected chi connectivity index (χ4v) is 10.2. The van der Waals surface area contributed by atoms with Crippen molar-refractivity contribution in [2.75, 3.05) is 0 Å². The second-order valence-corrected chi connectivity index (χ2v) is 15.9. The first-order chi connectivity index (χ1) is 26.6. The van der Waals surface area contributed by atoms with E-state index in [1.54, 1.807) is 0 Å². The number of benzene rings is 9. The van der Waals surface area contributed by atoms with E-state index >= 15 is 0 Å². The van der Waals surface area contributed by atoms with E-state index in [2.05, 4.69) is 190 Å². The van der Waals surface area contributed by atoms with Gasteiger partial charge in [-0.3, -0.25) is 0 Å². The lowest BCUT2D eigenvalue weighted by atomic mass is 9.79. The summed E-state index contributed by atoms with van der Waals surface area (Å²) in [6.07, 6.45) is 2.14. The van der Waals surface area contributed by atoms with Gasteiger partial charge in [-0.05, 0) is 130 Å². The van der Waals surface area contributed by atoms with Gasteiger partial charge in [0.05, 0.1) is 0 Å². The van der Waals surface area contributed by atoms with E-state index in [4.69, 9.17) is 0 Å². The predicted octanol–water partition coefficient (Wildman–Crippen LogP) is 14.5. The number of fused-ring (bicyclic) bond motifs is 10. The van der Waals surface area contributed by atoms with Crippen molar-refractivity contribution >= 4 is 32.3 Å². The van der Waals surface area contributed by atoms with Crippen LogP contribution < -0.4 is 0 Å². The number of hydrogen-bond acceptors (Lipinski definition) is 0. The maximum atomic E-state index is 2.54. The molecule has 0 saturated carbocycles. The quantitative estimate of drug-likeness (QED) is 0.158. The van der Waals surface area contributed by atoms with Crippen LogP contribution in [0.2, 0.25) is 0 Å². The molecule has 0 aromatic heterocycles. The highest BCUT2D eigenvalue weighted by atomic mass is 14.4. The van der Waals surface area contributed by atoms with E-state index in [-0.39, 0.29) is 5.41 Å². The van der Waals surface area contributed by atoms with Gasteiger partial charge >= 0.3 is 0 Å². The largest absolute Gasteiger partial charge is 0.0622 e. The van der Waals surface area contributed by atoms with Crippen molar-refractivity contribution in [2.45, 2.75) is 38.0 Å². The van der Waals surface area contributed by atoms with E-state index in [0.29, 0.717) is 5.92 Å². The first-order valence-corrected chi connectivity index (χ1v) is 19.5. The number of hydrogen-bond donors (Lipinski definition) is 0. The summed E-state index contributed by atoms with van der Waals surface area (Å²) in [4.78, 5) is 0. The summed E-state index contributed by atoms with van der Waals surface area (Å²) in [5.41, 5.74) is 17.8. The molecule has 0 amide bonds. The summed E-state index contributed by atoms with van der Waals surface area (Å²) < 4.78 is 0. The van der Waals surface area contributed by atoms with Gasteiger partial charge in [-0.1, -0.05) is 178 Å². The first kappa shape index (κ1) is 31.3. The maximum absolute atomic E-state index is 2.54. The fourth-order valence-electron chi connectivity index (χ4n) is 10.2. The van der Waals surface area contributed by atoms with Crippen LogP contribution in [0.4, 0.5) is 0 Å². The summed E-state index contributed by atoms with van der Waals surface area (Å²) in [5.74, 6) is 0.360. The molecule has 1 unspecified atom stereocenters. The average molecular weight is 689 g/mol. The molecule has 1 atom stereocenters. The van der Waals surface area contributed by atoms with Crippen LogP contribution in [0.1, 0.15) is 54.0 Å². The van der Waals surface area contributed by atoms with Crippen LogP contribution in [-0.4, -0.2) is 0 Å². The Bertz CT molecular complexity index is 2900. The molecule has 0 radical (unpaired) electrons. The van der Waals surface area contributed by atoms with Crippen molar-refractivity contribution in [3.05, 3.63) is 204 Å². The second kappa shape index (κ2) is 11.9. The minimum absolute atomic E-state index is 0.102. The Morgan fingerprint density at radius 2 is 0.926 bits per heavy atom. The molecular weight excluding hydrogens is 649 g/mol. The van der Waals surface area contributed by atoms with Crippen molar-refractivity contribution in [3.63, 3.8) is 0 Å². The lowest BCUT2D eigenvalue weighted by Crippen LogP contribution is -2.15. The van der Waals surface area contributed by atoms with Crippen LogP contribution >= 0.6 is 0 Å². The van der Waals surface area contributed by atoms with Gasteiger partial charge < -0.3 is 0 Å². The number of rotatable bonds is 5.